The normalized spacial score (nSPS) is 12.1. The first-order valence-corrected chi connectivity index (χ1v) is 18.7. The number of hydrogen-bond donors (Lipinski definition) is 1. The van der Waals surface area contributed by atoms with Crippen LogP contribution in [0.25, 0.3) is 98.6 Å². The van der Waals surface area contributed by atoms with E-state index < -0.39 is 0 Å². The molecule has 0 radical (unpaired) electrons. The lowest BCUT2D eigenvalue weighted by Gasteiger charge is -2.27. The topological polar surface area (TPSA) is 19.0 Å². The van der Waals surface area contributed by atoms with Crippen molar-refractivity contribution in [2.24, 2.45) is 0 Å². The molecule has 0 atom stereocenters. The predicted octanol–water partition coefficient (Wildman–Crippen LogP) is 14.7. The number of nitrogens with one attached hydrogen (secondary N) is 1. The molecule has 1 heterocycles. The Balaban J connectivity index is 0.882. The Morgan fingerprint density at radius 3 is 1.80 bits per heavy atom. The molecule has 0 unspecified atom stereocenters. The Hall–Kier alpha value is -7.16. The number of aromatic amines is 1. The molecule has 0 bridgehead atoms. The Kier molecular flexibility index (Phi) is 6.09. The second-order valence-corrected chi connectivity index (χ2v) is 14.6. The van der Waals surface area contributed by atoms with Crippen molar-refractivity contribution in [3.8, 4) is 44.6 Å². The number of para-hydroxylation sites is 1. The quantitative estimate of drug-likeness (QED) is 0.179. The maximum Gasteiger partial charge on any atom is 0.0551 e. The van der Waals surface area contributed by atoms with Gasteiger partial charge in [-0.05, 0) is 103 Å². The van der Waals surface area contributed by atoms with Crippen LogP contribution in [0.1, 0.15) is 0 Å². The minimum absolute atomic E-state index is 1.13. The van der Waals surface area contributed by atoms with E-state index >= 15 is 0 Å². The van der Waals surface area contributed by atoms with Crippen molar-refractivity contribution in [3.63, 3.8) is 0 Å². The highest BCUT2D eigenvalue weighted by Crippen LogP contribution is 2.54. The summed E-state index contributed by atoms with van der Waals surface area (Å²) < 4.78 is 0. The van der Waals surface area contributed by atoms with Gasteiger partial charge in [0.1, 0.15) is 0 Å². The molecule has 2 heteroatoms. The van der Waals surface area contributed by atoms with E-state index in [1.54, 1.807) is 0 Å². The van der Waals surface area contributed by atoms with E-state index in [9.17, 15) is 0 Å². The van der Waals surface area contributed by atoms with E-state index in [0.29, 0.717) is 0 Å². The van der Waals surface area contributed by atoms with Gasteiger partial charge in [-0.1, -0.05) is 146 Å². The summed E-state index contributed by atoms with van der Waals surface area (Å²) in [5, 5.41) is 11.8. The van der Waals surface area contributed by atoms with Crippen molar-refractivity contribution in [1.29, 1.82) is 0 Å². The highest BCUT2D eigenvalue weighted by Gasteiger charge is 2.28. The molecule has 0 aliphatic heterocycles. The van der Waals surface area contributed by atoms with Crippen LogP contribution in [0.5, 0.6) is 0 Å². The van der Waals surface area contributed by atoms with Crippen LogP contribution < -0.4 is 4.90 Å². The van der Waals surface area contributed by atoms with Crippen molar-refractivity contribution >= 4 is 71.1 Å². The van der Waals surface area contributed by atoms with Gasteiger partial charge in [-0.25, -0.2) is 0 Å². The van der Waals surface area contributed by atoms with Crippen LogP contribution in [0.4, 0.5) is 17.1 Å². The van der Waals surface area contributed by atoms with Gasteiger partial charge < -0.3 is 9.88 Å². The fourth-order valence-corrected chi connectivity index (χ4v) is 9.18. The largest absolute Gasteiger partial charge is 0.354 e. The minimum Gasteiger partial charge on any atom is -0.354 e. The molecule has 0 fully saturated rings. The zero-order valence-corrected chi connectivity index (χ0v) is 29.3. The van der Waals surface area contributed by atoms with Crippen LogP contribution in [0.2, 0.25) is 0 Å². The van der Waals surface area contributed by atoms with E-state index in [1.807, 2.05) is 0 Å². The number of nitrogens with zero attached hydrogens (tertiary/aromatic N) is 1. The molecule has 250 valence electrons. The summed E-state index contributed by atoms with van der Waals surface area (Å²) in [4.78, 5) is 6.21. The Morgan fingerprint density at radius 2 is 0.963 bits per heavy atom. The van der Waals surface area contributed by atoms with Crippen LogP contribution >= 0.6 is 0 Å². The average Bonchev–Trinajstić information content (AvgIpc) is 3.77. The summed E-state index contributed by atoms with van der Waals surface area (Å²) in [7, 11) is 0. The Bertz CT molecular complexity index is 3240. The van der Waals surface area contributed by atoms with E-state index in [4.69, 9.17) is 0 Å². The number of H-pyrrole nitrogens is 1. The fraction of sp³-hybridized carbons (Fsp3) is 0. The first-order chi connectivity index (χ1) is 26.8. The molecule has 0 saturated carbocycles. The predicted molar refractivity (Wildman–Crippen MR) is 229 cm³/mol. The van der Waals surface area contributed by atoms with Gasteiger partial charge in [-0.15, -0.1) is 0 Å². The zero-order valence-electron chi connectivity index (χ0n) is 29.3. The summed E-state index contributed by atoms with van der Waals surface area (Å²) in [6.07, 6.45) is 0. The van der Waals surface area contributed by atoms with Crippen molar-refractivity contribution in [3.05, 3.63) is 188 Å². The van der Waals surface area contributed by atoms with E-state index in [2.05, 4.69) is 198 Å². The van der Waals surface area contributed by atoms with Crippen molar-refractivity contribution in [2.45, 2.75) is 0 Å². The van der Waals surface area contributed by atoms with Gasteiger partial charge in [-0.2, -0.15) is 0 Å². The minimum atomic E-state index is 1.13. The second kappa shape index (κ2) is 11.2. The second-order valence-electron chi connectivity index (χ2n) is 14.6. The number of aromatic nitrogens is 1. The molecule has 1 aromatic heterocycles. The van der Waals surface area contributed by atoms with Crippen molar-refractivity contribution < 1.29 is 0 Å². The fourth-order valence-electron chi connectivity index (χ4n) is 9.18. The Labute approximate surface area is 312 Å². The van der Waals surface area contributed by atoms with Crippen LogP contribution in [-0.4, -0.2) is 4.98 Å². The van der Waals surface area contributed by atoms with E-state index in [0.717, 1.165) is 11.4 Å². The maximum absolute atomic E-state index is 3.86. The summed E-state index contributed by atoms with van der Waals surface area (Å²) in [6.45, 7) is 0. The number of rotatable bonds is 5. The number of anilines is 3. The monoisotopic (exact) mass is 684 g/mol. The molecule has 0 spiro atoms. The summed E-state index contributed by atoms with van der Waals surface area (Å²) in [5.74, 6) is 0. The highest BCUT2D eigenvalue weighted by molar-refractivity contribution is 6.33. The lowest BCUT2D eigenvalue weighted by molar-refractivity contribution is 1.30. The third-order valence-corrected chi connectivity index (χ3v) is 11.7. The molecular weight excluding hydrogens is 653 g/mol. The van der Waals surface area contributed by atoms with Gasteiger partial charge in [0, 0.05) is 44.2 Å². The SMILES string of the molecule is c1ccc(N(c2ccc(-c3ccc(-c4ccc5c6c([nH]c5c4)-c4ccc5ccc7cccc8cc-6c4c5c78)cc3)cc2)c2cccc3ccccc23)cc1. The van der Waals surface area contributed by atoms with Gasteiger partial charge in [0.05, 0.1) is 11.4 Å². The van der Waals surface area contributed by atoms with Gasteiger partial charge in [0.25, 0.3) is 0 Å². The molecule has 1 aliphatic rings. The average molecular weight is 685 g/mol. The third-order valence-electron chi connectivity index (χ3n) is 11.7. The summed E-state index contributed by atoms with van der Waals surface area (Å²) in [5.41, 5.74) is 14.6. The summed E-state index contributed by atoms with van der Waals surface area (Å²) >= 11 is 0. The molecule has 11 aromatic rings. The van der Waals surface area contributed by atoms with Crippen LogP contribution in [0.3, 0.4) is 0 Å². The number of benzene rings is 10. The van der Waals surface area contributed by atoms with Crippen molar-refractivity contribution in [1.82, 2.24) is 4.98 Å². The smallest absolute Gasteiger partial charge is 0.0551 e. The van der Waals surface area contributed by atoms with E-state index in [-0.39, 0.29) is 0 Å². The number of hydrogen-bond acceptors (Lipinski definition) is 1. The van der Waals surface area contributed by atoms with Gasteiger partial charge in [0.15, 0.2) is 0 Å². The molecular formula is C52H32N2. The Morgan fingerprint density at radius 1 is 0.352 bits per heavy atom. The number of fused-ring (bicyclic) bond motifs is 6. The van der Waals surface area contributed by atoms with Gasteiger partial charge >= 0.3 is 0 Å². The highest BCUT2D eigenvalue weighted by atomic mass is 15.1. The standard InChI is InChI=1S/C52H32N2/c1-2-12-40(13-3-1)54(47-15-7-9-35-8-4-5-14-42(35)47)41-26-22-33(23-27-41)32-16-18-34(19-17-32)38-25-28-43-46(31-38)53-52-44-29-24-37-21-20-36-10-6-11-39-30-45(51(43)52)50(44)49(37)48(36)39/h1-31,53H. The van der Waals surface area contributed by atoms with Gasteiger partial charge in [-0.3, -0.25) is 0 Å². The molecule has 1 aliphatic carbocycles. The lowest BCUT2D eigenvalue weighted by Crippen LogP contribution is -2.10. The molecule has 0 saturated heterocycles. The molecule has 1 N–H and O–H groups in total. The van der Waals surface area contributed by atoms with E-state index in [1.165, 1.54) is 104 Å². The van der Waals surface area contributed by atoms with Crippen LogP contribution in [0.15, 0.2) is 188 Å². The molecule has 54 heavy (non-hydrogen) atoms. The van der Waals surface area contributed by atoms with Crippen molar-refractivity contribution in [2.75, 3.05) is 4.90 Å². The zero-order chi connectivity index (χ0) is 35.3. The van der Waals surface area contributed by atoms with Gasteiger partial charge in [0.2, 0.25) is 0 Å². The molecule has 12 rings (SSSR count). The molecule has 2 nitrogen and oxygen atoms in total. The first-order valence-electron chi connectivity index (χ1n) is 18.7. The molecule has 0 amide bonds. The van der Waals surface area contributed by atoms with Crippen LogP contribution in [-0.2, 0) is 0 Å². The first kappa shape index (κ1) is 29.4. The molecule has 10 aromatic carbocycles. The maximum atomic E-state index is 3.86. The van der Waals surface area contributed by atoms with Crippen LogP contribution in [0, 0.1) is 0 Å². The third kappa shape index (κ3) is 4.22. The summed E-state index contributed by atoms with van der Waals surface area (Å²) in [6, 6.07) is 68.8. The lowest BCUT2D eigenvalue weighted by atomic mass is 9.90.